The first-order valence-corrected chi connectivity index (χ1v) is 5.52. The van der Waals surface area contributed by atoms with E-state index in [0.29, 0.717) is 11.6 Å². The van der Waals surface area contributed by atoms with E-state index in [1.54, 1.807) is 6.07 Å². The van der Waals surface area contributed by atoms with E-state index < -0.39 is 5.97 Å². The molecule has 74 valence electrons. The first kappa shape index (κ1) is 9.92. The van der Waals surface area contributed by atoms with Crippen molar-refractivity contribution in [1.82, 2.24) is 5.32 Å². The Hall–Kier alpha value is -0.620. The van der Waals surface area contributed by atoms with Crippen molar-refractivity contribution in [3.63, 3.8) is 0 Å². The number of hydrogen-bond acceptors (Lipinski definition) is 2. The van der Waals surface area contributed by atoms with Crippen LogP contribution in [0.2, 0.25) is 0 Å². The van der Waals surface area contributed by atoms with Crippen molar-refractivity contribution >= 4 is 28.6 Å². The molecule has 14 heavy (non-hydrogen) atoms. The largest absolute Gasteiger partial charge is 0.478 e. The number of hydrogen-bond donors (Lipinski definition) is 2. The summed E-state index contributed by atoms with van der Waals surface area (Å²) in [5.74, 6) is -0.851. The van der Waals surface area contributed by atoms with Crippen LogP contribution in [0.5, 0.6) is 0 Å². The lowest BCUT2D eigenvalue weighted by molar-refractivity contribution is 0.0695. The Morgan fingerprint density at radius 1 is 1.57 bits per heavy atom. The monoisotopic (exact) mass is 303 g/mol. The normalized spacial score (nSPS) is 20.2. The molecule has 1 heterocycles. The number of benzene rings is 1. The Morgan fingerprint density at radius 3 is 2.79 bits per heavy atom. The molecule has 1 aliphatic heterocycles. The second-order valence-electron chi connectivity index (χ2n) is 3.34. The summed E-state index contributed by atoms with van der Waals surface area (Å²) in [7, 11) is 0. The molecule has 1 aliphatic rings. The van der Waals surface area contributed by atoms with Crippen LogP contribution in [0.3, 0.4) is 0 Å². The second-order valence-corrected chi connectivity index (χ2v) is 4.50. The Bertz CT molecular complexity index is 374. The number of aromatic carboxylic acids is 1. The van der Waals surface area contributed by atoms with Crippen molar-refractivity contribution in [2.45, 2.75) is 12.5 Å². The summed E-state index contributed by atoms with van der Waals surface area (Å²) in [5, 5.41) is 12.2. The maximum Gasteiger partial charge on any atom is 0.336 e. The van der Waals surface area contributed by atoms with Crippen LogP contribution in [0, 0.1) is 3.57 Å². The molecule has 3 nitrogen and oxygen atoms in total. The van der Waals surface area contributed by atoms with Gasteiger partial charge in [0.2, 0.25) is 0 Å². The van der Waals surface area contributed by atoms with Crippen molar-refractivity contribution in [3.8, 4) is 0 Å². The number of carboxylic acids is 1. The average Bonchev–Trinajstić information content (AvgIpc) is 2.04. The van der Waals surface area contributed by atoms with Crippen molar-refractivity contribution < 1.29 is 9.90 Å². The number of halogens is 1. The Morgan fingerprint density at radius 2 is 2.29 bits per heavy atom. The first-order valence-electron chi connectivity index (χ1n) is 4.44. The van der Waals surface area contributed by atoms with Gasteiger partial charge in [0, 0.05) is 9.61 Å². The van der Waals surface area contributed by atoms with E-state index in [0.717, 1.165) is 22.1 Å². The third-order valence-electron chi connectivity index (χ3n) is 2.45. The summed E-state index contributed by atoms with van der Waals surface area (Å²) >= 11 is 2.04. The summed E-state index contributed by atoms with van der Waals surface area (Å²) in [6.45, 7) is 1.03. The molecule has 1 saturated heterocycles. The molecule has 1 aromatic carbocycles. The lowest BCUT2D eigenvalue weighted by atomic mass is 9.96. The predicted molar refractivity (Wildman–Crippen MR) is 61.5 cm³/mol. The van der Waals surface area contributed by atoms with Crippen molar-refractivity contribution in [1.29, 1.82) is 0 Å². The fourth-order valence-corrected chi connectivity index (χ4v) is 2.06. The van der Waals surface area contributed by atoms with E-state index in [1.807, 2.05) is 34.7 Å². The number of carbonyl (C=O) groups is 1. The molecule has 4 heteroatoms. The second kappa shape index (κ2) is 3.86. The lowest BCUT2D eigenvalue weighted by Crippen LogP contribution is -2.35. The number of nitrogens with one attached hydrogen (secondary N) is 1. The lowest BCUT2D eigenvalue weighted by Gasteiger charge is -2.28. The van der Waals surface area contributed by atoms with Crippen LogP contribution in [0.1, 0.15) is 28.4 Å². The molecule has 0 unspecified atom stereocenters. The minimum atomic E-state index is -0.851. The van der Waals surface area contributed by atoms with Crippen LogP contribution >= 0.6 is 22.6 Å². The van der Waals surface area contributed by atoms with Gasteiger partial charge in [0.1, 0.15) is 0 Å². The summed E-state index contributed by atoms with van der Waals surface area (Å²) < 4.78 is 0.790. The molecule has 1 atom stereocenters. The molecule has 2 rings (SSSR count). The highest BCUT2D eigenvalue weighted by Crippen LogP contribution is 2.25. The van der Waals surface area contributed by atoms with Crippen LogP contribution in [0.4, 0.5) is 0 Å². The molecule has 0 amide bonds. The van der Waals surface area contributed by atoms with Gasteiger partial charge in [-0.25, -0.2) is 4.79 Å². The van der Waals surface area contributed by atoms with Crippen molar-refractivity contribution in [3.05, 3.63) is 32.9 Å². The van der Waals surface area contributed by atoms with Gasteiger partial charge in [0.15, 0.2) is 0 Å². The van der Waals surface area contributed by atoms with Crippen LogP contribution in [-0.2, 0) is 0 Å². The van der Waals surface area contributed by atoms with E-state index in [4.69, 9.17) is 5.11 Å². The molecule has 0 aromatic heterocycles. The van der Waals surface area contributed by atoms with Crippen molar-refractivity contribution in [2.24, 2.45) is 0 Å². The van der Waals surface area contributed by atoms with Crippen LogP contribution in [0.15, 0.2) is 18.2 Å². The van der Waals surface area contributed by atoms with Crippen LogP contribution < -0.4 is 5.32 Å². The average molecular weight is 303 g/mol. The summed E-state index contributed by atoms with van der Waals surface area (Å²) in [4.78, 5) is 10.9. The third-order valence-corrected chi connectivity index (χ3v) is 3.39. The van der Waals surface area contributed by atoms with Crippen LogP contribution in [-0.4, -0.2) is 17.6 Å². The summed E-state index contributed by atoms with van der Waals surface area (Å²) in [6, 6.07) is 5.97. The Kier molecular flexibility index (Phi) is 2.73. The van der Waals surface area contributed by atoms with Gasteiger partial charge >= 0.3 is 5.97 Å². The summed E-state index contributed by atoms with van der Waals surface area (Å²) in [6.07, 6.45) is 1.10. The standard InChI is InChI=1S/C10H10INO2/c11-8-2-1-6(9-3-4-12-9)5-7(8)10(13)14/h1-2,5,9,12H,3-4H2,(H,13,14)/t9-/m1/s1. The van der Waals surface area contributed by atoms with Gasteiger partial charge in [-0.05, 0) is 53.3 Å². The van der Waals surface area contributed by atoms with Gasteiger partial charge in [-0.15, -0.1) is 0 Å². The van der Waals surface area contributed by atoms with E-state index >= 15 is 0 Å². The molecule has 1 aromatic rings. The zero-order valence-corrected chi connectivity index (χ0v) is 9.61. The van der Waals surface area contributed by atoms with Gasteiger partial charge in [-0.2, -0.15) is 0 Å². The smallest absolute Gasteiger partial charge is 0.336 e. The third kappa shape index (κ3) is 1.76. The molecule has 0 spiro atoms. The highest BCUT2D eigenvalue weighted by atomic mass is 127. The van der Waals surface area contributed by atoms with Gasteiger partial charge < -0.3 is 10.4 Å². The molecule has 0 saturated carbocycles. The molecular weight excluding hydrogens is 293 g/mol. The molecule has 2 N–H and O–H groups in total. The van der Waals surface area contributed by atoms with Gasteiger partial charge in [0.05, 0.1) is 5.56 Å². The molecule has 0 radical (unpaired) electrons. The van der Waals surface area contributed by atoms with Gasteiger partial charge in [-0.3, -0.25) is 0 Å². The quantitative estimate of drug-likeness (QED) is 0.822. The Balaban J connectivity index is 2.34. The topological polar surface area (TPSA) is 49.3 Å². The fourth-order valence-electron chi connectivity index (χ4n) is 1.50. The SMILES string of the molecule is O=C(O)c1cc([C@H]2CCN2)ccc1I. The molecule has 1 fully saturated rings. The number of rotatable bonds is 2. The maximum absolute atomic E-state index is 10.9. The van der Waals surface area contributed by atoms with E-state index in [9.17, 15) is 4.79 Å². The maximum atomic E-state index is 10.9. The molecule has 0 bridgehead atoms. The van der Waals surface area contributed by atoms with Crippen LogP contribution in [0.25, 0.3) is 0 Å². The van der Waals surface area contributed by atoms with Crippen molar-refractivity contribution in [2.75, 3.05) is 6.54 Å². The highest BCUT2D eigenvalue weighted by Gasteiger charge is 2.20. The minimum absolute atomic E-state index is 0.352. The van der Waals surface area contributed by atoms with Gasteiger partial charge in [-0.1, -0.05) is 6.07 Å². The number of carboxylic acid groups (broad SMARTS) is 1. The molecule has 0 aliphatic carbocycles. The van der Waals surface area contributed by atoms with E-state index in [1.165, 1.54) is 0 Å². The summed E-state index contributed by atoms with van der Waals surface area (Å²) in [5.41, 5.74) is 1.48. The van der Waals surface area contributed by atoms with E-state index in [2.05, 4.69) is 5.32 Å². The zero-order valence-electron chi connectivity index (χ0n) is 7.46. The fraction of sp³-hybridized carbons (Fsp3) is 0.300. The highest BCUT2D eigenvalue weighted by molar-refractivity contribution is 14.1. The van der Waals surface area contributed by atoms with Gasteiger partial charge in [0.25, 0.3) is 0 Å². The first-order chi connectivity index (χ1) is 6.68. The molecular formula is C10H10INO2. The Labute approximate surface area is 95.7 Å². The minimum Gasteiger partial charge on any atom is -0.478 e. The predicted octanol–water partition coefficient (Wildman–Crippen LogP) is 2.02. The zero-order chi connectivity index (χ0) is 10.1. The van der Waals surface area contributed by atoms with E-state index in [-0.39, 0.29) is 0 Å².